The maximum atomic E-state index is 15.1. The highest BCUT2D eigenvalue weighted by Crippen LogP contribution is 2.62. The number of quaternary nitrogens is 1. The van der Waals surface area contributed by atoms with Crippen molar-refractivity contribution in [3.63, 3.8) is 0 Å². The molecule has 11 heteroatoms. The van der Waals surface area contributed by atoms with Gasteiger partial charge in [-0.25, -0.2) is 8.78 Å². The lowest BCUT2D eigenvalue weighted by Crippen LogP contribution is -2.68. The summed E-state index contributed by atoms with van der Waals surface area (Å²) in [5.74, 6) is -1.50. The van der Waals surface area contributed by atoms with E-state index < -0.39 is 42.9 Å². The molecule has 0 radical (unpaired) electrons. The molecule has 0 bridgehead atoms. The number of nitrogens with one attached hydrogen (secondary N) is 2. The molecule has 3 aromatic rings. The predicted molar refractivity (Wildman–Crippen MR) is 166 cm³/mol. The van der Waals surface area contributed by atoms with Crippen LogP contribution >= 0.6 is 0 Å². The zero-order valence-corrected chi connectivity index (χ0v) is 25.8. The number of likely N-dealkylation sites (tertiary alicyclic amines) is 1. The minimum Gasteiger partial charge on any atom is -0.348 e. The second kappa shape index (κ2) is 11.3. The van der Waals surface area contributed by atoms with Gasteiger partial charge >= 0.3 is 10.0 Å². The quantitative estimate of drug-likeness (QED) is 0.362. The normalized spacial score (nSPS) is 23.8. The summed E-state index contributed by atoms with van der Waals surface area (Å²) in [6.45, 7) is 2.26. The van der Waals surface area contributed by atoms with Crippen LogP contribution in [-0.2, 0) is 26.8 Å². The van der Waals surface area contributed by atoms with E-state index in [1.165, 1.54) is 18.2 Å². The number of amides is 2. The summed E-state index contributed by atoms with van der Waals surface area (Å²) in [6.07, 6.45) is 3.87. The molecule has 236 valence electrons. The van der Waals surface area contributed by atoms with Crippen LogP contribution in [0.25, 0.3) is 0 Å². The first-order valence-electron chi connectivity index (χ1n) is 15.7. The van der Waals surface area contributed by atoms with Crippen molar-refractivity contribution in [1.29, 1.82) is 0 Å². The maximum Gasteiger partial charge on any atom is 0.332 e. The Kier molecular flexibility index (Phi) is 7.53. The molecule has 0 aromatic heterocycles. The number of hydrogen-bond donors (Lipinski definition) is 2. The van der Waals surface area contributed by atoms with Crippen molar-refractivity contribution in [2.45, 2.75) is 55.0 Å². The Labute approximate surface area is 262 Å². The number of hydrogen-bond acceptors (Lipinski definition) is 5. The van der Waals surface area contributed by atoms with Crippen LogP contribution in [0, 0.1) is 17.6 Å². The highest BCUT2D eigenvalue weighted by Gasteiger charge is 2.71. The van der Waals surface area contributed by atoms with Crippen LogP contribution in [0.1, 0.15) is 53.6 Å². The molecule has 4 aliphatic rings. The Bertz CT molecular complexity index is 1750. The fourth-order valence-corrected chi connectivity index (χ4v) is 10.1. The molecule has 3 fully saturated rings. The van der Waals surface area contributed by atoms with Gasteiger partial charge < -0.3 is 15.5 Å². The molecule has 1 saturated carbocycles. The van der Waals surface area contributed by atoms with Gasteiger partial charge in [-0.1, -0.05) is 18.2 Å². The van der Waals surface area contributed by atoms with Crippen molar-refractivity contribution in [3.05, 3.63) is 95.1 Å². The molecule has 1 spiro atoms. The number of halogens is 2. The van der Waals surface area contributed by atoms with Crippen LogP contribution in [0.3, 0.4) is 0 Å². The van der Waals surface area contributed by atoms with Crippen molar-refractivity contribution in [2.24, 2.45) is 5.92 Å². The van der Waals surface area contributed by atoms with E-state index in [4.69, 9.17) is 0 Å². The zero-order valence-electron chi connectivity index (χ0n) is 25.0. The molecule has 7 rings (SSSR count). The number of nitrogens with zero attached hydrogens (tertiary/aromatic N) is 2. The van der Waals surface area contributed by atoms with Gasteiger partial charge in [0.1, 0.15) is 22.6 Å². The molecule has 2 N–H and O–H groups in total. The zero-order chi connectivity index (χ0) is 31.4. The van der Waals surface area contributed by atoms with Crippen molar-refractivity contribution < 1.29 is 26.8 Å². The van der Waals surface area contributed by atoms with Gasteiger partial charge in [0, 0.05) is 48.3 Å². The Hall–Kier alpha value is -3.67. The molecule has 2 unspecified atom stereocenters. The first-order valence-corrected chi connectivity index (χ1v) is 17.2. The minimum atomic E-state index is -4.30. The highest BCUT2D eigenvalue weighted by molar-refractivity contribution is 7.91. The van der Waals surface area contributed by atoms with Gasteiger partial charge in [0.2, 0.25) is 0 Å². The average Bonchev–Trinajstić information content (AvgIpc) is 3.81. The van der Waals surface area contributed by atoms with Crippen LogP contribution < -0.4 is 14.5 Å². The van der Waals surface area contributed by atoms with E-state index in [0.717, 1.165) is 37.0 Å². The number of sulfonamides is 1. The molecular weight excluding hydrogens is 598 g/mol. The average molecular weight is 636 g/mol. The van der Waals surface area contributed by atoms with Crippen molar-refractivity contribution >= 4 is 27.5 Å². The smallest absolute Gasteiger partial charge is 0.332 e. The second-order valence-electron chi connectivity index (χ2n) is 12.8. The largest absolute Gasteiger partial charge is 0.348 e. The van der Waals surface area contributed by atoms with Gasteiger partial charge in [-0.3, -0.25) is 9.59 Å². The van der Waals surface area contributed by atoms with Gasteiger partial charge in [-0.05, 0) is 87.7 Å². The summed E-state index contributed by atoms with van der Waals surface area (Å²) in [4.78, 5) is 29.1. The first-order chi connectivity index (χ1) is 21.7. The molecule has 3 aliphatic heterocycles. The lowest BCUT2D eigenvalue weighted by atomic mass is 9.68. The van der Waals surface area contributed by atoms with E-state index in [0.29, 0.717) is 55.8 Å². The van der Waals surface area contributed by atoms with E-state index in [9.17, 15) is 18.4 Å². The Morgan fingerprint density at radius 2 is 1.69 bits per heavy atom. The van der Waals surface area contributed by atoms with Gasteiger partial charge in [0.05, 0.1) is 5.41 Å². The molecule has 45 heavy (non-hydrogen) atoms. The number of carbonyl (C=O) groups excluding carboxylic acids is 2. The molecule has 3 aromatic carbocycles. The van der Waals surface area contributed by atoms with Gasteiger partial charge in [0.25, 0.3) is 11.8 Å². The topological polar surface area (TPSA) is 95.6 Å². The first kappa shape index (κ1) is 30.0. The molecule has 1 aliphatic carbocycles. The summed E-state index contributed by atoms with van der Waals surface area (Å²) >= 11 is 0. The number of rotatable bonds is 8. The Morgan fingerprint density at radius 3 is 2.33 bits per heavy atom. The molecule has 8 nitrogen and oxygen atoms in total. The summed E-state index contributed by atoms with van der Waals surface area (Å²) in [5, 5.41) is 6.24. The van der Waals surface area contributed by atoms with Gasteiger partial charge in [-0.2, -0.15) is 12.3 Å². The van der Waals surface area contributed by atoms with Crippen LogP contribution in [0.5, 0.6) is 0 Å². The van der Waals surface area contributed by atoms with Gasteiger partial charge in [-0.15, -0.1) is 0 Å². The molecular formula is C34H37F2N4O4S+. The number of fused-ring (bicyclic) bond motifs is 2. The molecule has 2 amide bonds. The summed E-state index contributed by atoms with van der Waals surface area (Å²) in [6, 6.07) is 15.8. The molecule has 2 atom stereocenters. The maximum absolute atomic E-state index is 15.1. The van der Waals surface area contributed by atoms with Crippen LogP contribution in [-0.4, -0.2) is 63.9 Å². The third kappa shape index (κ3) is 4.87. The predicted octanol–water partition coefficient (Wildman–Crippen LogP) is 4.24. The highest BCUT2D eigenvalue weighted by atomic mass is 32.2. The van der Waals surface area contributed by atoms with E-state index in [1.807, 2.05) is 0 Å². The van der Waals surface area contributed by atoms with Gasteiger partial charge in [0.15, 0.2) is 12.2 Å². The Balaban J connectivity index is 1.39. The fourth-order valence-electron chi connectivity index (χ4n) is 7.88. The lowest BCUT2D eigenvalue weighted by molar-refractivity contribution is -0.135. The van der Waals surface area contributed by atoms with Crippen LogP contribution in [0.4, 0.5) is 14.5 Å². The Morgan fingerprint density at radius 1 is 0.978 bits per heavy atom. The minimum absolute atomic E-state index is 0.00559. The van der Waals surface area contributed by atoms with Crippen molar-refractivity contribution in [2.75, 3.05) is 32.7 Å². The third-order valence-electron chi connectivity index (χ3n) is 10.3. The number of benzene rings is 3. The fraction of sp³-hybridized carbons (Fsp3) is 0.412. The van der Waals surface area contributed by atoms with Crippen molar-refractivity contribution in [3.8, 4) is 0 Å². The number of carbonyl (C=O) groups is 2. The molecule has 3 heterocycles. The standard InChI is InChI=1S/C34H36F2N4O4S/c35-26-9-11-27(12-10-26)45(43,44)40(22-31(41)39-18-3-19-39)30-13-8-24(33(42)38-21-25-4-1-2-5-29(25)36)20-28(30)34(14-16-37-17-15-34)32(40)23-6-7-23/h1-2,4-5,8-13,20,23,32,37H,3,6-7,14-19,21-22H2/p+1. The van der Waals surface area contributed by atoms with E-state index in [2.05, 4.69) is 10.6 Å². The van der Waals surface area contributed by atoms with Crippen molar-refractivity contribution in [1.82, 2.24) is 19.4 Å². The summed E-state index contributed by atoms with van der Waals surface area (Å²) in [5.41, 5.74) is 1.40. The molecule has 2 saturated heterocycles. The van der Waals surface area contributed by atoms with E-state index in [-0.39, 0.29) is 29.8 Å². The monoisotopic (exact) mass is 635 g/mol. The van der Waals surface area contributed by atoms with Crippen LogP contribution in [0.15, 0.2) is 71.6 Å². The lowest BCUT2D eigenvalue weighted by Gasteiger charge is -2.46. The number of piperidine rings is 1. The SMILES string of the molecule is O=C(NCc1ccccc1F)c1ccc2c(c1)C1(CCNCC1)C(C1CC1)[N+]2(CC(=O)N1CCC1)S(=O)(=O)c1ccc(F)cc1. The van der Waals surface area contributed by atoms with Crippen LogP contribution in [0.2, 0.25) is 0 Å². The van der Waals surface area contributed by atoms with E-state index >= 15 is 8.42 Å². The second-order valence-corrected chi connectivity index (χ2v) is 14.9. The third-order valence-corrected chi connectivity index (χ3v) is 12.6. The van der Waals surface area contributed by atoms with E-state index in [1.54, 1.807) is 41.3 Å². The summed E-state index contributed by atoms with van der Waals surface area (Å²) < 4.78 is 58.0. The summed E-state index contributed by atoms with van der Waals surface area (Å²) in [7, 11) is -4.30.